The summed E-state index contributed by atoms with van der Waals surface area (Å²) in [6, 6.07) is 13.4. The highest BCUT2D eigenvalue weighted by atomic mass is 32.2. The van der Waals surface area contributed by atoms with Crippen molar-refractivity contribution < 1.29 is 27.9 Å². The average Bonchev–Trinajstić information content (AvgIpc) is 3.73. The number of sulfonamides is 1. The first kappa shape index (κ1) is 25.3. The Balaban J connectivity index is 0.00000141. The molecule has 2 aromatic carbocycles. The van der Waals surface area contributed by atoms with Gasteiger partial charge in [0.05, 0.1) is 22.6 Å². The zero-order chi connectivity index (χ0) is 25.2. The lowest BCUT2D eigenvalue weighted by Crippen LogP contribution is -2.59. The lowest BCUT2D eigenvalue weighted by molar-refractivity contribution is -0.170. The van der Waals surface area contributed by atoms with E-state index in [9.17, 15) is 23.1 Å². The van der Waals surface area contributed by atoms with Gasteiger partial charge in [0.25, 0.3) is 0 Å². The molecule has 1 N–H and O–H groups in total. The SMILES string of the molecule is CC.O=C(O)c1cccc(-c2ccc(S(=O)(=O)N3CCC4(CC3)CN(C3CC3)C(=O)CO4)cc2)c1. The second kappa shape index (κ2) is 10.1. The Morgan fingerprint density at radius 1 is 1.03 bits per heavy atom. The van der Waals surface area contributed by atoms with Crippen LogP contribution in [0.5, 0.6) is 0 Å². The van der Waals surface area contributed by atoms with Gasteiger partial charge < -0.3 is 14.7 Å². The van der Waals surface area contributed by atoms with Crippen molar-refractivity contribution in [2.45, 2.75) is 56.1 Å². The van der Waals surface area contributed by atoms with E-state index in [1.165, 1.54) is 10.4 Å². The third-order valence-electron chi connectivity index (χ3n) is 6.84. The van der Waals surface area contributed by atoms with Crippen LogP contribution in [0.25, 0.3) is 11.1 Å². The van der Waals surface area contributed by atoms with Gasteiger partial charge in [-0.2, -0.15) is 4.31 Å². The Morgan fingerprint density at radius 2 is 1.69 bits per heavy atom. The molecule has 2 aliphatic heterocycles. The van der Waals surface area contributed by atoms with Gasteiger partial charge in [0.2, 0.25) is 15.9 Å². The van der Waals surface area contributed by atoms with Crippen LogP contribution in [-0.2, 0) is 19.6 Å². The molecule has 8 nitrogen and oxygen atoms in total. The third-order valence-corrected chi connectivity index (χ3v) is 8.75. The number of carbonyl (C=O) groups is 2. The van der Waals surface area contributed by atoms with Crippen LogP contribution >= 0.6 is 0 Å². The van der Waals surface area contributed by atoms with Crippen molar-refractivity contribution in [3.05, 3.63) is 54.1 Å². The van der Waals surface area contributed by atoms with E-state index in [0.29, 0.717) is 44.1 Å². The van der Waals surface area contributed by atoms with Gasteiger partial charge >= 0.3 is 5.97 Å². The topological polar surface area (TPSA) is 104 Å². The number of carboxylic acids is 1. The van der Waals surface area contributed by atoms with Crippen LogP contribution in [0.3, 0.4) is 0 Å². The molecular formula is C26H32N2O6S. The summed E-state index contributed by atoms with van der Waals surface area (Å²) in [7, 11) is -3.66. The van der Waals surface area contributed by atoms with Gasteiger partial charge in [-0.3, -0.25) is 4.79 Å². The van der Waals surface area contributed by atoms with Crippen molar-refractivity contribution in [2.24, 2.45) is 0 Å². The molecule has 2 aromatic rings. The lowest BCUT2D eigenvalue weighted by Gasteiger charge is -2.46. The minimum atomic E-state index is -3.66. The van der Waals surface area contributed by atoms with Crippen molar-refractivity contribution >= 4 is 21.9 Å². The van der Waals surface area contributed by atoms with Crippen LogP contribution in [-0.4, -0.2) is 72.5 Å². The Hall–Kier alpha value is -2.75. The van der Waals surface area contributed by atoms with Crippen LogP contribution in [0, 0.1) is 0 Å². The number of ether oxygens (including phenoxy) is 1. The molecule has 2 saturated heterocycles. The molecule has 9 heteroatoms. The number of hydrogen-bond donors (Lipinski definition) is 1. The Kier molecular flexibility index (Phi) is 7.30. The number of morpholine rings is 1. The molecule has 0 radical (unpaired) electrons. The van der Waals surface area contributed by atoms with Crippen LogP contribution < -0.4 is 0 Å². The number of hydrogen-bond acceptors (Lipinski definition) is 5. The van der Waals surface area contributed by atoms with E-state index >= 15 is 0 Å². The molecule has 5 rings (SSSR count). The summed E-state index contributed by atoms with van der Waals surface area (Å²) in [4.78, 5) is 25.5. The summed E-state index contributed by atoms with van der Waals surface area (Å²) < 4.78 is 33.9. The van der Waals surface area contributed by atoms with E-state index in [4.69, 9.17) is 4.74 Å². The summed E-state index contributed by atoms with van der Waals surface area (Å²) >= 11 is 0. The molecule has 0 aromatic heterocycles. The molecule has 0 bridgehead atoms. The van der Waals surface area contributed by atoms with Gasteiger partial charge in [0, 0.05) is 19.1 Å². The molecule has 188 valence electrons. The molecule has 0 atom stereocenters. The van der Waals surface area contributed by atoms with E-state index in [-0.39, 0.29) is 23.0 Å². The maximum Gasteiger partial charge on any atom is 0.335 e. The maximum absolute atomic E-state index is 13.2. The predicted molar refractivity (Wildman–Crippen MR) is 132 cm³/mol. The minimum absolute atomic E-state index is 0.0344. The highest BCUT2D eigenvalue weighted by Crippen LogP contribution is 2.37. The van der Waals surface area contributed by atoms with E-state index in [2.05, 4.69) is 0 Å². The van der Waals surface area contributed by atoms with Crippen molar-refractivity contribution in [1.82, 2.24) is 9.21 Å². The first-order valence-corrected chi connectivity index (χ1v) is 13.6. The molecule has 1 aliphatic carbocycles. The highest BCUT2D eigenvalue weighted by molar-refractivity contribution is 7.89. The number of nitrogens with zero attached hydrogens (tertiary/aromatic N) is 2. The summed E-state index contributed by atoms with van der Waals surface area (Å²) in [5, 5.41) is 9.19. The van der Waals surface area contributed by atoms with Crippen LogP contribution in [0.1, 0.15) is 49.9 Å². The molecular weight excluding hydrogens is 468 g/mol. The summed E-state index contributed by atoms with van der Waals surface area (Å²) in [5.74, 6) is -0.974. The molecule has 3 fully saturated rings. The average molecular weight is 501 g/mol. The minimum Gasteiger partial charge on any atom is -0.478 e. The number of piperidine rings is 1. The molecule has 1 amide bonds. The molecule has 35 heavy (non-hydrogen) atoms. The third kappa shape index (κ3) is 5.27. The van der Waals surface area contributed by atoms with Crippen molar-refractivity contribution in [2.75, 3.05) is 26.2 Å². The number of aromatic carboxylic acids is 1. The second-order valence-corrected chi connectivity index (χ2v) is 11.0. The van der Waals surface area contributed by atoms with E-state index in [1.807, 2.05) is 18.7 Å². The number of amides is 1. The van der Waals surface area contributed by atoms with Crippen molar-refractivity contribution in [3.63, 3.8) is 0 Å². The normalized spacial score (nSPS) is 20.3. The summed E-state index contributed by atoms with van der Waals surface area (Å²) in [6.45, 7) is 5.32. The van der Waals surface area contributed by atoms with E-state index in [0.717, 1.165) is 18.4 Å². The fourth-order valence-electron chi connectivity index (χ4n) is 4.70. The van der Waals surface area contributed by atoms with Gasteiger partial charge in [-0.15, -0.1) is 0 Å². The zero-order valence-electron chi connectivity index (χ0n) is 20.1. The molecule has 0 unspecified atom stereocenters. The summed E-state index contributed by atoms with van der Waals surface area (Å²) in [5.41, 5.74) is 1.18. The van der Waals surface area contributed by atoms with E-state index < -0.39 is 21.6 Å². The van der Waals surface area contributed by atoms with Crippen LogP contribution in [0.4, 0.5) is 0 Å². The number of rotatable bonds is 5. The van der Waals surface area contributed by atoms with Crippen molar-refractivity contribution in [1.29, 1.82) is 0 Å². The van der Waals surface area contributed by atoms with Crippen molar-refractivity contribution in [3.8, 4) is 11.1 Å². The first-order chi connectivity index (χ1) is 16.8. The molecule has 2 heterocycles. The zero-order valence-corrected chi connectivity index (χ0v) is 21.0. The van der Waals surface area contributed by atoms with E-state index in [1.54, 1.807) is 42.5 Å². The number of carbonyl (C=O) groups excluding carboxylic acids is 1. The highest BCUT2D eigenvalue weighted by Gasteiger charge is 2.47. The molecule has 3 aliphatic rings. The van der Waals surface area contributed by atoms with Gasteiger partial charge in [-0.1, -0.05) is 38.1 Å². The first-order valence-electron chi connectivity index (χ1n) is 12.1. The van der Waals surface area contributed by atoms with Gasteiger partial charge in [0.15, 0.2) is 0 Å². The van der Waals surface area contributed by atoms with Crippen LogP contribution in [0.15, 0.2) is 53.4 Å². The van der Waals surface area contributed by atoms with Crippen LogP contribution in [0.2, 0.25) is 0 Å². The number of benzene rings is 2. The monoisotopic (exact) mass is 500 g/mol. The molecule has 1 saturated carbocycles. The van der Waals surface area contributed by atoms with Gasteiger partial charge in [0.1, 0.15) is 6.61 Å². The number of carboxylic acid groups (broad SMARTS) is 1. The lowest BCUT2D eigenvalue weighted by atomic mass is 9.90. The predicted octanol–water partition coefficient (Wildman–Crippen LogP) is 3.62. The maximum atomic E-state index is 13.2. The smallest absolute Gasteiger partial charge is 0.335 e. The fraction of sp³-hybridized carbons (Fsp3) is 0.462. The second-order valence-electron chi connectivity index (χ2n) is 9.04. The Morgan fingerprint density at radius 3 is 2.29 bits per heavy atom. The Labute approximate surface area is 206 Å². The largest absolute Gasteiger partial charge is 0.478 e. The quantitative estimate of drug-likeness (QED) is 0.673. The molecule has 1 spiro atoms. The van der Waals surface area contributed by atoms with Gasteiger partial charge in [-0.25, -0.2) is 13.2 Å². The standard InChI is InChI=1S/C24H26N2O6S.C2H6/c27-22-15-32-24(16-26(22)20-6-7-20)10-12-25(13-11-24)33(30,31)21-8-4-17(5-9-21)18-2-1-3-19(14-18)23(28)29;1-2/h1-5,8-9,14,20H,6-7,10-13,15-16H2,(H,28,29);1-2H3. The fourth-order valence-corrected chi connectivity index (χ4v) is 6.14. The summed E-state index contributed by atoms with van der Waals surface area (Å²) in [6.07, 6.45) is 3.20. The Bertz CT molecular complexity index is 1180. The van der Waals surface area contributed by atoms with Gasteiger partial charge in [-0.05, 0) is 61.1 Å².